The van der Waals surface area contributed by atoms with Crippen LogP contribution in [-0.4, -0.2) is 37.3 Å². The van der Waals surface area contributed by atoms with Crippen molar-refractivity contribution in [3.05, 3.63) is 75.6 Å². The maximum atomic E-state index is 12.8. The van der Waals surface area contributed by atoms with Crippen molar-refractivity contribution in [2.45, 2.75) is 26.3 Å². The highest BCUT2D eigenvalue weighted by molar-refractivity contribution is 5.79. The molecule has 0 atom stereocenters. The Kier molecular flexibility index (Phi) is 4.50. The molecule has 3 heterocycles. The summed E-state index contributed by atoms with van der Waals surface area (Å²) >= 11 is 0. The number of nitrogens with zero attached hydrogens (tertiary/aromatic N) is 4. The maximum absolute atomic E-state index is 12.8. The molecule has 0 radical (unpaired) electrons. The molecule has 27 heavy (non-hydrogen) atoms. The summed E-state index contributed by atoms with van der Waals surface area (Å²) in [5, 5.41) is 0. The predicted octanol–water partition coefficient (Wildman–Crippen LogP) is 1.66. The van der Waals surface area contributed by atoms with Crippen molar-refractivity contribution in [3.63, 3.8) is 0 Å². The van der Waals surface area contributed by atoms with Gasteiger partial charge in [0.1, 0.15) is 5.69 Å². The third kappa shape index (κ3) is 3.48. The van der Waals surface area contributed by atoms with Gasteiger partial charge in [0.15, 0.2) is 5.82 Å². The maximum Gasteiger partial charge on any atom is 0.254 e. The molecule has 7 nitrogen and oxygen atoms in total. The van der Waals surface area contributed by atoms with Gasteiger partial charge in [-0.2, -0.15) is 0 Å². The molecule has 0 spiro atoms. The minimum absolute atomic E-state index is 0.0399. The zero-order chi connectivity index (χ0) is 18.8. The highest BCUT2D eigenvalue weighted by Crippen LogP contribution is 2.18. The molecule has 1 aliphatic heterocycles. The standard InChI is InChI=1S/C20H19N5O2/c1-13-4-2-3-5-14(13)10-18(26)25-9-6-15-17(12-25)23-19(24-20(15)27)16-11-21-7-8-22-16/h2-5,7-8,11H,6,9-10,12H2,1H3,(H,23,24,27). The van der Waals surface area contributed by atoms with Gasteiger partial charge in [0.25, 0.3) is 5.56 Å². The lowest BCUT2D eigenvalue weighted by Gasteiger charge is -2.28. The summed E-state index contributed by atoms with van der Waals surface area (Å²) in [5.74, 6) is 0.415. The second-order valence-corrected chi connectivity index (χ2v) is 6.60. The third-order valence-corrected chi connectivity index (χ3v) is 4.83. The van der Waals surface area contributed by atoms with E-state index in [0.29, 0.717) is 48.7 Å². The third-order valence-electron chi connectivity index (χ3n) is 4.83. The van der Waals surface area contributed by atoms with Crippen LogP contribution in [0.25, 0.3) is 11.5 Å². The molecule has 0 bridgehead atoms. The topological polar surface area (TPSA) is 91.8 Å². The normalized spacial score (nSPS) is 13.3. The molecule has 0 saturated carbocycles. The summed E-state index contributed by atoms with van der Waals surface area (Å²) < 4.78 is 0. The number of nitrogens with one attached hydrogen (secondary N) is 1. The first-order valence-electron chi connectivity index (χ1n) is 8.82. The smallest absolute Gasteiger partial charge is 0.254 e. The van der Waals surface area contributed by atoms with Crippen LogP contribution in [0.15, 0.2) is 47.7 Å². The van der Waals surface area contributed by atoms with E-state index in [9.17, 15) is 9.59 Å². The zero-order valence-corrected chi connectivity index (χ0v) is 15.0. The average molecular weight is 361 g/mol. The fourth-order valence-electron chi connectivity index (χ4n) is 3.28. The number of aromatic amines is 1. The van der Waals surface area contributed by atoms with Crippen molar-refractivity contribution >= 4 is 5.91 Å². The molecule has 1 amide bonds. The van der Waals surface area contributed by atoms with E-state index >= 15 is 0 Å². The van der Waals surface area contributed by atoms with E-state index in [1.54, 1.807) is 23.5 Å². The first kappa shape index (κ1) is 17.1. The minimum Gasteiger partial charge on any atom is -0.336 e. The van der Waals surface area contributed by atoms with Crippen LogP contribution in [0.3, 0.4) is 0 Å². The lowest BCUT2D eigenvalue weighted by atomic mass is 10.0. The summed E-state index contributed by atoms with van der Waals surface area (Å²) in [6.07, 6.45) is 5.51. The number of hydrogen-bond donors (Lipinski definition) is 1. The highest BCUT2D eigenvalue weighted by Gasteiger charge is 2.25. The zero-order valence-electron chi connectivity index (χ0n) is 15.0. The number of carbonyl (C=O) groups excluding carboxylic acids is 1. The van der Waals surface area contributed by atoms with Crippen LogP contribution in [-0.2, 0) is 24.2 Å². The van der Waals surface area contributed by atoms with Crippen molar-refractivity contribution in [1.29, 1.82) is 0 Å². The molecule has 0 saturated heterocycles. The van der Waals surface area contributed by atoms with Crippen LogP contribution in [0.1, 0.15) is 22.4 Å². The number of benzene rings is 1. The Balaban J connectivity index is 1.59. The number of carbonyl (C=O) groups is 1. The van der Waals surface area contributed by atoms with Gasteiger partial charge in [-0.05, 0) is 24.5 Å². The van der Waals surface area contributed by atoms with Crippen molar-refractivity contribution in [2.24, 2.45) is 0 Å². The van der Waals surface area contributed by atoms with Gasteiger partial charge >= 0.3 is 0 Å². The molecule has 0 unspecified atom stereocenters. The van der Waals surface area contributed by atoms with Gasteiger partial charge in [-0.3, -0.25) is 14.6 Å². The van der Waals surface area contributed by atoms with Gasteiger partial charge in [0.2, 0.25) is 5.91 Å². The van der Waals surface area contributed by atoms with E-state index in [1.165, 1.54) is 0 Å². The van der Waals surface area contributed by atoms with Crippen LogP contribution >= 0.6 is 0 Å². The number of fused-ring (bicyclic) bond motifs is 1. The summed E-state index contributed by atoms with van der Waals surface area (Å²) in [6, 6.07) is 7.88. The minimum atomic E-state index is -0.174. The summed E-state index contributed by atoms with van der Waals surface area (Å²) in [4.78, 5) is 42.5. The monoisotopic (exact) mass is 361 g/mol. The van der Waals surface area contributed by atoms with Crippen molar-refractivity contribution in [2.75, 3.05) is 6.54 Å². The Hall–Kier alpha value is -3.35. The summed E-state index contributed by atoms with van der Waals surface area (Å²) in [6.45, 7) is 2.85. The van der Waals surface area contributed by atoms with Crippen LogP contribution in [0.5, 0.6) is 0 Å². The Morgan fingerprint density at radius 1 is 1.26 bits per heavy atom. The molecule has 0 aliphatic carbocycles. The van der Waals surface area contributed by atoms with Crippen molar-refractivity contribution in [3.8, 4) is 11.5 Å². The summed E-state index contributed by atoms with van der Waals surface area (Å²) in [7, 11) is 0. The fraction of sp³-hybridized carbons (Fsp3) is 0.250. The van der Waals surface area contributed by atoms with Crippen molar-refractivity contribution in [1.82, 2.24) is 24.8 Å². The number of H-pyrrole nitrogens is 1. The molecule has 0 fully saturated rings. The Morgan fingerprint density at radius 2 is 2.11 bits per heavy atom. The van der Waals surface area contributed by atoms with Crippen LogP contribution in [0, 0.1) is 6.92 Å². The van der Waals surface area contributed by atoms with E-state index < -0.39 is 0 Å². The molecule has 2 aromatic heterocycles. The van der Waals surface area contributed by atoms with E-state index in [-0.39, 0.29) is 11.5 Å². The Bertz CT molecular complexity index is 1050. The van der Waals surface area contributed by atoms with E-state index in [4.69, 9.17) is 0 Å². The molecule has 4 rings (SSSR count). The SMILES string of the molecule is Cc1ccccc1CC(=O)N1CCc2c(nc(-c3cnccn3)[nH]c2=O)C1. The second kappa shape index (κ2) is 7.11. The predicted molar refractivity (Wildman–Crippen MR) is 99.9 cm³/mol. The van der Waals surface area contributed by atoms with Gasteiger partial charge in [-0.1, -0.05) is 24.3 Å². The Labute approximate surface area is 156 Å². The fourth-order valence-corrected chi connectivity index (χ4v) is 3.28. The van der Waals surface area contributed by atoms with E-state index in [2.05, 4.69) is 19.9 Å². The molecular weight excluding hydrogens is 342 g/mol. The molecular formula is C20H19N5O2. The van der Waals surface area contributed by atoms with E-state index in [0.717, 1.165) is 11.1 Å². The second-order valence-electron chi connectivity index (χ2n) is 6.60. The van der Waals surface area contributed by atoms with Crippen molar-refractivity contribution < 1.29 is 4.79 Å². The van der Waals surface area contributed by atoms with Crippen LogP contribution in [0.2, 0.25) is 0 Å². The van der Waals surface area contributed by atoms with Gasteiger partial charge in [-0.25, -0.2) is 9.97 Å². The van der Waals surface area contributed by atoms with Crippen LogP contribution < -0.4 is 5.56 Å². The van der Waals surface area contributed by atoms with Gasteiger partial charge in [-0.15, -0.1) is 0 Å². The largest absolute Gasteiger partial charge is 0.336 e. The van der Waals surface area contributed by atoms with E-state index in [1.807, 2.05) is 31.2 Å². The molecule has 1 aliphatic rings. The summed E-state index contributed by atoms with van der Waals surface area (Å²) in [5.41, 5.74) is 3.72. The first-order chi connectivity index (χ1) is 13.1. The van der Waals surface area contributed by atoms with Gasteiger partial charge in [0, 0.05) is 24.5 Å². The molecule has 7 heteroatoms. The van der Waals surface area contributed by atoms with Crippen LogP contribution in [0.4, 0.5) is 0 Å². The molecule has 1 aromatic carbocycles. The Morgan fingerprint density at radius 3 is 2.89 bits per heavy atom. The van der Waals surface area contributed by atoms with Gasteiger partial charge < -0.3 is 9.88 Å². The number of aromatic nitrogens is 4. The number of hydrogen-bond acceptors (Lipinski definition) is 5. The average Bonchev–Trinajstić information content (AvgIpc) is 2.70. The molecule has 136 valence electrons. The molecule has 1 N–H and O–H groups in total. The lowest BCUT2D eigenvalue weighted by Crippen LogP contribution is -2.40. The number of aryl methyl sites for hydroxylation is 1. The number of amides is 1. The highest BCUT2D eigenvalue weighted by atomic mass is 16.2. The number of rotatable bonds is 3. The quantitative estimate of drug-likeness (QED) is 0.766. The van der Waals surface area contributed by atoms with Gasteiger partial charge in [0.05, 0.1) is 24.9 Å². The first-order valence-corrected chi connectivity index (χ1v) is 8.82. The molecule has 3 aromatic rings. The lowest BCUT2D eigenvalue weighted by molar-refractivity contribution is -0.131.